The molecule has 0 saturated carbocycles. The van der Waals surface area contributed by atoms with Crippen LogP contribution in [0.3, 0.4) is 0 Å². The Morgan fingerprint density at radius 2 is 2.00 bits per heavy atom. The molecule has 4 N–H and O–H groups in total. The molecule has 0 bridgehead atoms. The molecule has 0 spiro atoms. The van der Waals surface area contributed by atoms with E-state index in [2.05, 4.69) is 5.32 Å². The summed E-state index contributed by atoms with van der Waals surface area (Å²) in [7, 11) is 0. The van der Waals surface area contributed by atoms with E-state index in [9.17, 15) is 9.90 Å². The Morgan fingerprint density at radius 1 is 1.26 bits per heavy atom. The van der Waals surface area contributed by atoms with Gasteiger partial charge in [-0.3, -0.25) is 4.79 Å². The summed E-state index contributed by atoms with van der Waals surface area (Å²) < 4.78 is 0. The highest BCUT2D eigenvalue weighted by Gasteiger charge is 2.16. The normalized spacial score (nSPS) is 13.8. The van der Waals surface area contributed by atoms with E-state index in [0.717, 1.165) is 11.1 Å². The number of nitrogens with one attached hydrogen (secondary N) is 1. The minimum Gasteiger partial charge on any atom is -0.387 e. The second-order valence-corrected chi connectivity index (χ2v) is 4.99. The van der Waals surface area contributed by atoms with Crippen LogP contribution in [0.15, 0.2) is 47.2 Å². The smallest absolute Gasteiger partial charge is 0.241 e. The lowest BCUT2D eigenvalue weighted by Gasteiger charge is -2.15. The van der Waals surface area contributed by atoms with E-state index in [0.29, 0.717) is 0 Å². The summed E-state index contributed by atoms with van der Waals surface area (Å²) in [5, 5.41) is 16.3. The molecule has 1 aromatic heterocycles. The molecule has 0 aliphatic heterocycles. The number of nitrogens with two attached hydrogens (primary N) is 1. The number of hydrogen-bond acceptors (Lipinski definition) is 4. The third-order valence-corrected chi connectivity index (χ3v) is 3.54. The summed E-state index contributed by atoms with van der Waals surface area (Å²) in [5.41, 5.74) is 7.41. The second kappa shape index (κ2) is 6.47. The van der Waals surface area contributed by atoms with Gasteiger partial charge in [0.2, 0.25) is 5.91 Å². The average molecular weight is 276 g/mol. The molecule has 0 radical (unpaired) electrons. The van der Waals surface area contributed by atoms with Crippen molar-refractivity contribution in [3.05, 3.63) is 58.3 Å². The molecule has 1 heterocycles. The van der Waals surface area contributed by atoms with Crippen molar-refractivity contribution in [1.82, 2.24) is 5.32 Å². The number of rotatable bonds is 5. The first-order valence-corrected chi connectivity index (χ1v) is 6.91. The Morgan fingerprint density at radius 3 is 2.63 bits per heavy atom. The van der Waals surface area contributed by atoms with Gasteiger partial charge in [-0.15, -0.1) is 0 Å². The third kappa shape index (κ3) is 3.64. The first-order valence-electron chi connectivity index (χ1n) is 5.97. The Hall–Kier alpha value is -1.69. The topological polar surface area (TPSA) is 75.4 Å². The molecule has 0 fully saturated rings. The van der Waals surface area contributed by atoms with Crippen LogP contribution in [0.1, 0.15) is 23.3 Å². The molecule has 2 atom stereocenters. The van der Waals surface area contributed by atoms with Crippen molar-refractivity contribution in [1.29, 1.82) is 0 Å². The SMILES string of the molecule is N[C@@H](C(=O)NCC(O)c1ccsc1)c1ccccc1. The fraction of sp³-hybridized carbons (Fsp3) is 0.214. The van der Waals surface area contributed by atoms with Crippen molar-refractivity contribution in [3.8, 4) is 0 Å². The predicted octanol–water partition coefficient (Wildman–Crippen LogP) is 1.60. The molecule has 2 rings (SSSR count). The van der Waals surface area contributed by atoms with Gasteiger partial charge in [-0.05, 0) is 28.0 Å². The van der Waals surface area contributed by atoms with Gasteiger partial charge in [0.1, 0.15) is 6.04 Å². The van der Waals surface area contributed by atoms with Gasteiger partial charge in [0.15, 0.2) is 0 Å². The third-order valence-electron chi connectivity index (χ3n) is 2.84. The van der Waals surface area contributed by atoms with Crippen LogP contribution in [0.4, 0.5) is 0 Å². The number of carbonyl (C=O) groups excluding carboxylic acids is 1. The van der Waals surface area contributed by atoms with Crippen molar-refractivity contribution in [3.63, 3.8) is 0 Å². The molecule has 4 nitrogen and oxygen atoms in total. The number of hydrogen-bond donors (Lipinski definition) is 3. The zero-order valence-corrected chi connectivity index (χ0v) is 11.1. The molecule has 100 valence electrons. The fourth-order valence-corrected chi connectivity index (χ4v) is 2.41. The van der Waals surface area contributed by atoms with Crippen LogP contribution < -0.4 is 11.1 Å². The summed E-state index contributed by atoms with van der Waals surface area (Å²) in [6.07, 6.45) is -0.696. The molecular formula is C14H16N2O2S. The van der Waals surface area contributed by atoms with Crippen molar-refractivity contribution in [2.24, 2.45) is 5.73 Å². The number of thiophene rings is 1. The van der Waals surface area contributed by atoms with Gasteiger partial charge in [-0.25, -0.2) is 0 Å². The van der Waals surface area contributed by atoms with E-state index in [1.807, 2.05) is 35.0 Å². The van der Waals surface area contributed by atoms with Crippen LogP contribution >= 0.6 is 11.3 Å². The maximum Gasteiger partial charge on any atom is 0.241 e. The van der Waals surface area contributed by atoms with E-state index in [1.165, 1.54) is 11.3 Å². The number of carbonyl (C=O) groups is 1. The van der Waals surface area contributed by atoms with Gasteiger partial charge in [-0.1, -0.05) is 30.3 Å². The lowest BCUT2D eigenvalue weighted by Crippen LogP contribution is -2.36. The number of aliphatic hydroxyl groups excluding tert-OH is 1. The first kappa shape index (κ1) is 13.7. The fourth-order valence-electron chi connectivity index (χ4n) is 1.70. The zero-order valence-electron chi connectivity index (χ0n) is 10.3. The van der Waals surface area contributed by atoms with Crippen molar-refractivity contribution < 1.29 is 9.90 Å². The summed E-state index contributed by atoms with van der Waals surface area (Å²) in [5.74, 6) is -0.291. The molecule has 19 heavy (non-hydrogen) atoms. The molecule has 5 heteroatoms. The van der Waals surface area contributed by atoms with Gasteiger partial charge in [0.05, 0.1) is 6.10 Å². The summed E-state index contributed by atoms with van der Waals surface area (Å²) in [6.45, 7) is 0.163. The molecule has 2 aromatic rings. The van der Waals surface area contributed by atoms with E-state index < -0.39 is 12.1 Å². The molecule has 0 aliphatic carbocycles. The lowest BCUT2D eigenvalue weighted by molar-refractivity contribution is -0.122. The van der Waals surface area contributed by atoms with Gasteiger partial charge >= 0.3 is 0 Å². The van der Waals surface area contributed by atoms with Gasteiger partial charge in [0.25, 0.3) is 0 Å². The van der Waals surface area contributed by atoms with E-state index >= 15 is 0 Å². The highest BCUT2D eigenvalue weighted by Crippen LogP contribution is 2.15. The van der Waals surface area contributed by atoms with E-state index in [4.69, 9.17) is 5.73 Å². The largest absolute Gasteiger partial charge is 0.387 e. The van der Waals surface area contributed by atoms with Crippen LogP contribution in [0.2, 0.25) is 0 Å². The molecule has 1 amide bonds. The molecule has 0 saturated heterocycles. The first-order chi connectivity index (χ1) is 9.18. The Kier molecular flexibility index (Phi) is 4.68. The van der Waals surface area contributed by atoms with Gasteiger partial charge in [-0.2, -0.15) is 11.3 Å². The minimum atomic E-state index is -0.712. The summed E-state index contributed by atoms with van der Waals surface area (Å²) >= 11 is 1.51. The van der Waals surface area contributed by atoms with Gasteiger partial charge < -0.3 is 16.2 Å². The predicted molar refractivity (Wildman–Crippen MR) is 75.7 cm³/mol. The van der Waals surface area contributed by atoms with Crippen LogP contribution in [0.5, 0.6) is 0 Å². The molecular weight excluding hydrogens is 260 g/mol. The maximum absolute atomic E-state index is 11.9. The minimum absolute atomic E-state index is 0.163. The number of amides is 1. The standard InChI is InChI=1S/C14H16N2O2S/c15-13(10-4-2-1-3-5-10)14(18)16-8-12(17)11-6-7-19-9-11/h1-7,9,12-13,17H,8,15H2,(H,16,18)/t12?,13-/m1/s1. The second-order valence-electron chi connectivity index (χ2n) is 4.21. The quantitative estimate of drug-likeness (QED) is 0.776. The summed E-state index contributed by atoms with van der Waals surface area (Å²) in [4.78, 5) is 11.9. The number of aliphatic hydroxyl groups is 1. The molecule has 1 unspecified atom stereocenters. The Labute approximate surface area is 115 Å². The summed E-state index contributed by atoms with van der Waals surface area (Å²) in [6, 6.07) is 10.3. The van der Waals surface area contributed by atoms with Crippen molar-refractivity contribution in [2.45, 2.75) is 12.1 Å². The van der Waals surface area contributed by atoms with Gasteiger partial charge in [0, 0.05) is 6.54 Å². The highest BCUT2D eigenvalue weighted by molar-refractivity contribution is 7.07. The van der Waals surface area contributed by atoms with Crippen LogP contribution in [0.25, 0.3) is 0 Å². The van der Waals surface area contributed by atoms with Crippen molar-refractivity contribution in [2.75, 3.05) is 6.54 Å². The Bertz CT molecular complexity index is 514. The zero-order chi connectivity index (χ0) is 13.7. The average Bonchev–Trinajstić information content (AvgIpc) is 2.98. The molecule has 1 aromatic carbocycles. The lowest BCUT2D eigenvalue weighted by atomic mass is 10.1. The Balaban J connectivity index is 1.88. The van der Waals surface area contributed by atoms with Crippen LogP contribution in [0, 0.1) is 0 Å². The number of benzene rings is 1. The molecule has 0 aliphatic rings. The highest BCUT2D eigenvalue weighted by atomic mass is 32.1. The monoisotopic (exact) mass is 276 g/mol. The van der Waals surface area contributed by atoms with Crippen molar-refractivity contribution >= 4 is 17.2 Å². The van der Waals surface area contributed by atoms with Crippen LogP contribution in [-0.4, -0.2) is 17.6 Å². The van der Waals surface area contributed by atoms with Crippen LogP contribution in [-0.2, 0) is 4.79 Å². The van der Waals surface area contributed by atoms with E-state index in [1.54, 1.807) is 12.1 Å². The maximum atomic E-state index is 11.9. The van der Waals surface area contributed by atoms with E-state index in [-0.39, 0.29) is 12.5 Å².